The zero-order chi connectivity index (χ0) is 14.4. The maximum absolute atomic E-state index is 5.77. The van der Waals surface area contributed by atoms with Gasteiger partial charge in [0.15, 0.2) is 0 Å². The van der Waals surface area contributed by atoms with Gasteiger partial charge >= 0.3 is 0 Å². The maximum Gasteiger partial charge on any atom is 0.0312 e. The van der Waals surface area contributed by atoms with Crippen LogP contribution in [0.3, 0.4) is 0 Å². The molecule has 0 heterocycles. The molecule has 2 aromatic carbocycles. The molecule has 0 aliphatic heterocycles. The van der Waals surface area contributed by atoms with Gasteiger partial charge in [-0.25, -0.2) is 0 Å². The fourth-order valence-electron chi connectivity index (χ4n) is 2.51. The van der Waals surface area contributed by atoms with Crippen molar-refractivity contribution < 1.29 is 0 Å². The minimum atomic E-state index is 0.488. The van der Waals surface area contributed by atoms with E-state index in [-0.39, 0.29) is 0 Å². The molecular weight excluding hydrogens is 262 g/mol. The van der Waals surface area contributed by atoms with Crippen molar-refractivity contribution in [2.75, 3.05) is 6.54 Å². The molecule has 1 atom stereocenters. The number of rotatable bonds is 6. The molecule has 0 saturated carbocycles. The highest BCUT2D eigenvalue weighted by Gasteiger charge is 2.11. The second-order valence-electron chi connectivity index (χ2n) is 5.28. The van der Waals surface area contributed by atoms with E-state index in [0.29, 0.717) is 5.25 Å². The van der Waals surface area contributed by atoms with Crippen molar-refractivity contribution in [3.8, 4) is 0 Å². The summed E-state index contributed by atoms with van der Waals surface area (Å²) >= 11 is 1.99. The minimum Gasteiger partial charge on any atom is -0.330 e. The summed E-state index contributed by atoms with van der Waals surface area (Å²) in [6.07, 6.45) is 1.03. The van der Waals surface area contributed by atoms with E-state index in [2.05, 4.69) is 62.4 Å². The minimum absolute atomic E-state index is 0.488. The van der Waals surface area contributed by atoms with Crippen molar-refractivity contribution >= 4 is 11.8 Å². The third kappa shape index (κ3) is 4.39. The van der Waals surface area contributed by atoms with Crippen LogP contribution >= 0.6 is 11.8 Å². The van der Waals surface area contributed by atoms with E-state index in [1.807, 2.05) is 11.8 Å². The van der Waals surface area contributed by atoms with E-state index >= 15 is 0 Å². The normalized spacial score (nSPS) is 12.3. The lowest BCUT2D eigenvalue weighted by atomic mass is 10.1. The maximum atomic E-state index is 5.77. The molecule has 2 heteroatoms. The molecule has 1 nitrogen and oxygen atoms in total. The monoisotopic (exact) mass is 285 g/mol. The molecule has 2 N–H and O–H groups in total. The summed E-state index contributed by atoms with van der Waals surface area (Å²) in [6, 6.07) is 17.5. The van der Waals surface area contributed by atoms with Crippen LogP contribution in [0.4, 0.5) is 0 Å². The summed E-state index contributed by atoms with van der Waals surface area (Å²) in [4.78, 5) is 0. The largest absolute Gasteiger partial charge is 0.330 e. The van der Waals surface area contributed by atoms with Crippen molar-refractivity contribution in [3.05, 3.63) is 70.8 Å². The predicted molar refractivity (Wildman–Crippen MR) is 90.1 cm³/mol. The lowest BCUT2D eigenvalue weighted by Crippen LogP contribution is -2.05. The van der Waals surface area contributed by atoms with Gasteiger partial charge in [0, 0.05) is 11.0 Å². The fraction of sp³-hybridized carbons (Fsp3) is 0.333. The van der Waals surface area contributed by atoms with Crippen LogP contribution in [0.1, 0.15) is 33.9 Å². The first kappa shape index (κ1) is 15.1. The van der Waals surface area contributed by atoms with Crippen LogP contribution in [0.5, 0.6) is 0 Å². The highest BCUT2D eigenvalue weighted by Crippen LogP contribution is 2.34. The van der Waals surface area contributed by atoms with Gasteiger partial charge in [-0.3, -0.25) is 0 Å². The summed E-state index contributed by atoms with van der Waals surface area (Å²) in [5.41, 5.74) is 11.2. The molecule has 2 rings (SSSR count). The Morgan fingerprint density at radius 1 is 1.00 bits per heavy atom. The fourth-order valence-corrected chi connectivity index (χ4v) is 3.73. The van der Waals surface area contributed by atoms with Crippen LogP contribution in [-0.4, -0.2) is 6.54 Å². The number of aryl methyl sites for hydroxylation is 2. The molecule has 2 aromatic rings. The molecule has 0 radical (unpaired) electrons. The summed E-state index contributed by atoms with van der Waals surface area (Å²) in [7, 11) is 0. The van der Waals surface area contributed by atoms with Gasteiger partial charge in [0.05, 0.1) is 0 Å². The van der Waals surface area contributed by atoms with Gasteiger partial charge in [0.25, 0.3) is 0 Å². The number of benzene rings is 2. The van der Waals surface area contributed by atoms with Crippen molar-refractivity contribution in [2.45, 2.75) is 31.3 Å². The van der Waals surface area contributed by atoms with Gasteiger partial charge in [-0.2, -0.15) is 0 Å². The molecule has 0 aromatic heterocycles. The molecule has 1 unspecified atom stereocenters. The Labute approximate surface area is 126 Å². The van der Waals surface area contributed by atoms with Crippen LogP contribution in [-0.2, 0) is 5.75 Å². The van der Waals surface area contributed by atoms with E-state index in [4.69, 9.17) is 5.73 Å². The Morgan fingerprint density at radius 2 is 1.65 bits per heavy atom. The van der Waals surface area contributed by atoms with Gasteiger partial charge < -0.3 is 5.73 Å². The summed E-state index contributed by atoms with van der Waals surface area (Å²) in [5, 5.41) is 0.488. The molecule has 0 amide bonds. The number of thioether (sulfide) groups is 1. The molecular formula is C18H23NS. The summed E-state index contributed by atoms with van der Waals surface area (Å²) < 4.78 is 0. The third-order valence-corrected chi connectivity index (χ3v) is 4.74. The highest BCUT2D eigenvalue weighted by molar-refractivity contribution is 7.98. The van der Waals surface area contributed by atoms with Crippen LogP contribution in [0, 0.1) is 13.8 Å². The third-order valence-electron chi connectivity index (χ3n) is 3.33. The molecule has 0 fully saturated rings. The lowest BCUT2D eigenvalue weighted by Gasteiger charge is -2.16. The standard InChI is InChI=1S/C18H23NS/c1-14-10-15(2)12-16(11-14)13-20-18(8-9-19)17-6-4-3-5-7-17/h3-7,10-12,18H,8-9,13,19H2,1-2H3. The molecule has 106 valence electrons. The smallest absolute Gasteiger partial charge is 0.0312 e. The lowest BCUT2D eigenvalue weighted by molar-refractivity contribution is 0.814. The second-order valence-corrected chi connectivity index (χ2v) is 6.47. The van der Waals surface area contributed by atoms with Crippen LogP contribution in [0.2, 0.25) is 0 Å². The van der Waals surface area contributed by atoms with Gasteiger partial charge in [0.2, 0.25) is 0 Å². The Morgan fingerprint density at radius 3 is 2.25 bits per heavy atom. The quantitative estimate of drug-likeness (QED) is 0.837. The zero-order valence-electron chi connectivity index (χ0n) is 12.3. The van der Waals surface area contributed by atoms with Crippen molar-refractivity contribution in [3.63, 3.8) is 0 Å². The topological polar surface area (TPSA) is 26.0 Å². The first-order chi connectivity index (χ1) is 9.69. The van der Waals surface area contributed by atoms with E-state index in [9.17, 15) is 0 Å². The highest BCUT2D eigenvalue weighted by atomic mass is 32.2. The molecule has 0 bridgehead atoms. The van der Waals surface area contributed by atoms with Crippen LogP contribution in [0.15, 0.2) is 48.5 Å². The van der Waals surface area contributed by atoms with Gasteiger partial charge in [-0.15, -0.1) is 11.8 Å². The van der Waals surface area contributed by atoms with Gasteiger partial charge in [-0.05, 0) is 37.9 Å². The molecule has 0 saturated heterocycles. The molecule has 0 aliphatic carbocycles. The van der Waals surface area contributed by atoms with Gasteiger partial charge in [-0.1, -0.05) is 59.7 Å². The summed E-state index contributed by atoms with van der Waals surface area (Å²) in [5.74, 6) is 1.04. The zero-order valence-corrected chi connectivity index (χ0v) is 13.1. The van der Waals surface area contributed by atoms with E-state index < -0.39 is 0 Å². The predicted octanol–water partition coefficient (Wildman–Crippen LogP) is 4.63. The Kier molecular flexibility index (Phi) is 5.69. The van der Waals surface area contributed by atoms with E-state index in [0.717, 1.165) is 18.7 Å². The Balaban J connectivity index is 2.05. The average molecular weight is 285 g/mol. The molecule has 20 heavy (non-hydrogen) atoms. The first-order valence-electron chi connectivity index (χ1n) is 7.13. The van der Waals surface area contributed by atoms with Crippen LogP contribution in [0.25, 0.3) is 0 Å². The number of nitrogens with two attached hydrogens (primary N) is 1. The number of hydrogen-bond acceptors (Lipinski definition) is 2. The SMILES string of the molecule is Cc1cc(C)cc(CSC(CCN)c2ccccc2)c1. The Hall–Kier alpha value is -1.25. The summed E-state index contributed by atoms with van der Waals surface area (Å²) in [6.45, 7) is 5.06. The van der Waals surface area contributed by atoms with Crippen molar-refractivity contribution in [1.82, 2.24) is 0 Å². The van der Waals surface area contributed by atoms with E-state index in [1.54, 1.807) is 0 Å². The van der Waals surface area contributed by atoms with Crippen molar-refractivity contribution in [2.24, 2.45) is 5.73 Å². The van der Waals surface area contributed by atoms with E-state index in [1.165, 1.54) is 22.3 Å². The first-order valence-corrected chi connectivity index (χ1v) is 8.17. The van der Waals surface area contributed by atoms with Crippen molar-refractivity contribution in [1.29, 1.82) is 0 Å². The Bertz CT molecular complexity index is 516. The number of hydrogen-bond donors (Lipinski definition) is 1. The van der Waals surface area contributed by atoms with Crippen LogP contribution < -0.4 is 5.73 Å². The van der Waals surface area contributed by atoms with Gasteiger partial charge in [0.1, 0.15) is 0 Å². The second kappa shape index (κ2) is 7.51. The average Bonchev–Trinajstić information content (AvgIpc) is 2.43. The molecule has 0 aliphatic rings. The molecule has 0 spiro atoms.